The first kappa shape index (κ1) is 27.1. The Balaban J connectivity index is 1.70. The highest BCUT2D eigenvalue weighted by Gasteiger charge is 2.32. The van der Waals surface area contributed by atoms with E-state index in [9.17, 15) is 19.8 Å². The first-order chi connectivity index (χ1) is 17.2. The van der Waals surface area contributed by atoms with Crippen molar-refractivity contribution < 1.29 is 34.0 Å². The Morgan fingerprint density at radius 3 is 2.72 bits per heavy atom. The van der Waals surface area contributed by atoms with Crippen LogP contribution in [0.5, 0.6) is 17.2 Å². The Kier molecular flexibility index (Phi) is 9.36. The van der Waals surface area contributed by atoms with Crippen molar-refractivity contribution in [1.29, 1.82) is 0 Å². The van der Waals surface area contributed by atoms with Crippen molar-refractivity contribution in [2.45, 2.75) is 26.1 Å². The van der Waals surface area contributed by atoms with E-state index < -0.39 is 24.3 Å². The van der Waals surface area contributed by atoms with E-state index in [4.69, 9.17) is 14.2 Å². The van der Waals surface area contributed by atoms with Crippen LogP contribution < -0.4 is 25.5 Å². The normalized spacial score (nSPS) is 16.2. The summed E-state index contributed by atoms with van der Waals surface area (Å²) in [5.74, 6) is 0.346. The predicted octanol–water partition coefficient (Wildman–Crippen LogP) is 2.52. The number of amides is 2. The summed E-state index contributed by atoms with van der Waals surface area (Å²) in [5, 5.41) is 29.1. The maximum absolute atomic E-state index is 12.3. The molecule has 36 heavy (non-hydrogen) atoms. The number of phenolic OH excluding ortho intramolecular Hbond substituents is 1. The molecule has 3 rings (SSSR count). The Bertz CT molecular complexity index is 1190. The van der Waals surface area contributed by atoms with Crippen LogP contribution in [0.3, 0.4) is 0 Å². The third-order valence-corrected chi connectivity index (χ3v) is 5.95. The zero-order valence-electron chi connectivity index (χ0n) is 19.9. The van der Waals surface area contributed by atoms with Gasteiger partial charge >= 0.3 is 12.0 Å². The Morgan fingerprint density at radius 1 is 1.25 bits per heavy atom. The highest BCUT2D eigenvalue weighted by atomic mass is 127. The molecule has 0 aromatic heterocycles. The number of nitrogens with one attached hydrogen (secondary N) is 3. The number of hydrogen-bond acceptors (Lipinski definition) is 9. The van der Waals surface area contributed by atoms with Gasteiger partial charge in [0.15, 0.2) is 17.7 Å². The molecule has 2 atom stereocenters. The van der Waals surface area contributed by atoms with Gasteiger partial charge < -0.3 is 35.1 Å². The van der Waals surface area contributed by atoms with Gasteiger partial charge in [0.1, 0.15) is 12.4 Å². The molecule has 0 aliphatic carbocycles. The van der Waals surface area contributed by atoms with Crippen LogP contribution in [-0.4, -0.2) is 55.0 Å². The van der Waals surface area contributed by atoms with E-state index in [0.29, 0.717) is 32.9 Å². The largest absolute Gasteiger partial charge is 0.507 e. The molecule has 0 radical (unpaired) electrons. The molecule has 0 spiro atoms. The molecular weight excluding hydrogens is 583 g/mol. The van der Waals surface area contributed by atoms with Crippen LogP contribution >= 0.6 is 22.6 Å². The molecule has 1 aliphatic heterocycles. The average molecular weight is 610 g/mol. The number of esters is 1. The van der Waals surface area contributed by atoms with Gasteiger partial charge in [-0.3, -0.25) is 5.43 Å². The van der Waals surface area contributed by atoms with Gasteiger partial charge in [0.05, 0.1) is 35.1 Å². The van der Waals surface area contributed by atoms with Gasteiger partial charge in [-0.25, -0.2) is 9.59 Å². The van der Waals surface area contributed by atoms with E-state index in [0.717, 1.165) is 5.56 Å². The van der Waals surface area contributed by atoms with Gasteiger partial charge in [0, 0.05) is 5.70 Å². The zero-order valence-corrected chi connectivity index (χ0v) is 22.0. The maximum atomic E-state index is 12.3. The van der Waals surface area contributed by atoms with Crippen LogP contribution in [0.4, 0.5) is 4.79 Å². The number of aromatic hydroxyl groups is 1. The number of methoxy groups -OCH3 is 1. The van der Waals surface area contributed by atoms with Gasteiger partial charge in [-0.05, 0) is 77.9 Å². The van der Waals surface area contributed by atoms with Gasteiger partial charge in [-0.2, -0.15) is 5.10 Å². The number of allylic oxidation sites excluding steroid dienone is 1. The fourth-order valence-corrected chi connectivity index (χ4v) is 3.96. The lowest BCUT2D eigenvalue weighted by molar-refractivity contribution is -0.136. The fraction of sp³-hybridized carbons (Fsp3) is 0.292. The van der Waals surface area contributed by atoms with Crippen LogP contribution in [0.25, 0.3) is 0 Å². The molecule has 5 N–H and O–H groups in total. The monoisotopic (exact) mass is 610 g/mol. The third-order valence-electron chi connectivity index (χ3n) is 5.08. The Labute approximate surface area is 221 Å². The number of carbonyl (C=O) groups excluding carboxylic acids is 2. The number of carbonyl (C=O) groups is 2. The number of rotatable bonds is 10. The molecule has 11 nitrogen and oxygen atoms in total. The predicted molar refractivity (Wildman–Crippen MR) is 140 cm³/mol. The molecule has 2 aromatic rings. The van der Waals surface area contributed by atoms with Crippen LogP contribution in [0.2, 0.25) is 0 Å². The Morgan fingerprint density at radius 2 is 2.03 bits per heavy atom. The number of urea groups is 1. The summed E-state index contributed by atoms with van der Waals surface area (Å²) in [5.41, 5.74) is 4.57. The summed E-state index contributed by atoms with van der Waals surface area (Å²) in [4.78, 5) is 24.4. The summed E-state index contributed by atoms with van der Waals surface area (Å²) in [6, 6.07) is 8.78. The molecule has 2 aromatic carbocycles. The summed E-state index contributed by atoms with van der Waals surface area (Å²) in [6.07, 6.45) is 0.388. The van der Waals surface area contributed by atoms with Crippen molar-refractivity contribution in [3.63, 3.8) is 0 Å². The number of hydrogen-bond donors (Lipinski definition) is 5. The summed E-state index contributed by atoms with van der Waals surface area (Å²) < 4.78 is 17.0. The van der Waals surface area contributed by atoms with Gasteiger partial charge in [0.25, 0.3) is 0 Å². The quantitative estimate of drug-likeness (QED) is 0.0906. The van der Waals surface area contributed by atoms with Crippen molar-refractivity contribution in [2.75, 3.05) is 20.3 Å². The summed E-state index contributed by atoms with van der Waals surface area (Å²) in [7, 11) is 1.27. The van der Waals surface area contributed by atoms with Gasteiger partial charge in [-0.1, -0.05) is 6.07 Å². The smallest absolute Gasteiger partial charge is 0.337 e. The molecular formula is C24H27IN4O7. The first-order valence-corrected chi connectivity index (χ1v) is 12.0. The molecule has 0 saturated heterocycles. The van der Waals surface area contributed by atoms with Crippen molar-refractivity contribution in [3.8, 4) is 17.2 Å². The van der Waals surface area contributed by atoms with Crippen LogP contribution in [0.1, 0.15) is 31.0 Å². The van der Waals surface area contributed by atoms with E-state index >= 15 is 0 Å². The van der Waals surface area contributed by atoms with Crippen molar-refractivity contribution in [2.24, 2.45) is 5.10 Å². The number of aliphatic hydroxyl groups excluding tert-OH is 1. The average Bonchev–Trinajstić information content (AvgIpc) is 2.84. The standard InChI is InChI=1S/C24H27IN4O7/c1-4-35-19-10-15(22-21(23(32)34-3)13(2)27-24(33)28-22)6-8-18(19)36-12-20(31)29-26-11-14-5-7-17(30)16(25)9-14/h5-11,20,22,29-31H,4,12H2,1-3H3,(H2,27,28,33)/b26-11-/t20-,22+/m0/s1. The van der Waals surface area contributed by atoms with E-state index in [2.05, 4.69) is 21.2 Å². The highest BCUT2D eigenvalue weighted by molar-refractivity contribution is 14.1. The van der Waals surface area contributed by atoms with Crippen LogP contribution in [0, 0.1) is 3.57 Å². The minimum absolute atomic E-state index is 0.139. The molecule has 0 saturated carbocycles. The molecule has 0 bridgehead atoms. The highest BCUT2D eigenvalue weighted by Crippen LogP contribution is 2.34. The lowest BCUT2D eigenvalue weighted by Gasteiger charge is -2.28. The lowest BCUT2D eigenvalue weighted by Crippen LogP contribution is -2.45. The SMILES string of the molecule is CCOc1cc([C@H]2NC(=O)NC(C)=C2C(=O)OC)ccc1OC[C@H](O)N/N=C\c1ccc(O)c(I)c1. The number of nitrogens with zero attached hydrogens (tertiary/aromatic N) is 1. The van der Waals surface area contributed by atoms with E-state index in [1.807, 2.05) is 29.5 Å². The van der Waals surface area contributed by atoms with Gasteiger partial charge in [0.2, 0.25) is 0 Å². The maximum Gasteiger partial charge on any atom is 0.337 e. The Hall–Kier alpha value is -3.52. The van der Waals surface area contributed by atoms with Crippen LogP contribution in [-0.2, 0) is 9.53 Å². The molecule has 192 valence electrons. The van der Waals surface area contributed by atoms with E-state index in [-0.39, 0.29) is 17.9 Å². The second-order valence-corrected chi connectivity index (χ2v) is 8.79. The number of ether oxygens (including phenoxy) is 3. The van der Waals surface area contributed by atoms with Crippen molar-refractivity contribution in [1.82, 2.24) is 16.1 Å². The second-order valence-electron chi connectivity index (χ2n) is 7.63. The number of halogens is 1. The first-order valence-electron chi connectivity index (χ1n) is 10.9. The summed E-state index contributed by atoms with van der Waals surface area (Å²) >= 11 is 2.01. The number of hydrazone groups is 1. The lowest BCUT2D eigenvalue weighted by atomic mass is 9.95. The van der Waals surface area contributed by atoms with E-state index in [1.165, 1.54) is 13.3 Å². The van der Waals surface area contributed by atoms with Crippen LogP contribution in [0.15, 0.2) is 52.8 Å². The topological polar surface area (TPSA) is 151 Å². The zero-order chi connectivity index (χ0) is 26.2. The minimum atomic E-state index is -1.12. The molecule has 0 fully saturated rings. The van der Waals surface area contributed by atoms with E-state index in [1.54, 1.807) is 43.3 Å². The molecule has 1 aliphatic rings. The minimum Gasteiger partial charge on any atom is -0.507 e. The number of phenols is 1. The third kappa shape index (κ3) is 6.79. The van der Waals surface area contributed by atoms with Gasteiger partial charge in [-0.15, -0.1) is 0 Å². The molecule has 1 heterocycles. The number of aliphatic hydroxyl groups is 1. The molecule has 2 amide bonds. The van der Waals surface area contributed by atoms with Crippen molar-refractivity contribution >= 4 is 40.8 Å². The van der Waals surface area contributed by atoms with Crippen molar-refractivity contribution in [3.05, 3.63) is 62.4 Å². The summed E-state index contributed by atoms with van der Waals surface area (Å²) in [6.45, 7) is 3.63. The fourth-order valence-electron chi connectivity index (χ4n) is 3.42. The molecule has 0 unspecified atom stereocenters. The second kappa shape index (κ2) is 12.4. The number of benzene rings is 2. The molecule has 12 heteroatoms.